The van der Waals surface area contributed by atoms with Gasteiger partial charge < -0.3 is 5.32 Å². The molecular formula is C15H24N2S. The Kier molecular flexibility index (Phi) is 3.23. The van der Waals surface area contributed by atoms with E-state index in [1.165, 1.54) is 47.8 Å². The molecular weight excluding hydrogens is 240 g/mol. The number of nitrogens with one attached hydrogen (secondary N) is 1. The van der Waals surface area contributed by atoms with Gasteiger partial charge in [0.25, 0.3) is 0 Å². The predicted octanol–water partition coefficient (Wildman–Crippen LogP) is 3.47. The molecule has 3 rings (SSSR count). The van der Waals surface area contributed by atoms with Gasteiger partial charge in [0, 0.05) is 23.9 Å². The van der Waals surface area contributed by atoms with Crippen molar-refractivity contribution in [1.82, 2.24) is 10.3 Å². The van der Waals surface area contributed by atoms with E-state index in [1.54, 1.807) is 0 Å². The van der Waals surface area contributed by atoms with Crippen molar-refractivity contribution >= 4 is 11.3 Å². The molecule has 0 aliphatic heterocycles. The van der Waals surface area contributed by atoms with Gasteiger partial charge >= 0.3 is 0 Å². The van der Waals surface area contributed by atoms with Crippen LogP contribution in [-0.4, -0.2) is 17.6 Å². The van der Waals surface area contributed by atoms with E-state index in [9.17, 15) is 0 Å². The highest BCUT2D eigenvalue weighted by Gasteiger charge is 2.42. The molecule has 2 aliphatic carbocycles. The third-order valence-electron chi connectivity index (χ3n) is 4.56. The van der Waals surface area contributed by atoms with E-state index < -0.39 is 0 Å². The molecule has 2 fully saturated rings. The average molecular weight is 264 g/mol. The highest BCUT2D eigenvalue weighted by atomic mass is 32.1. The summed E-state index contributed by atoms with van der Waals surface area (Å²) in [6.07, 6.45) is 6.78. The van der Waals surface area contributed by atoms with Gasteiger partial charge in [-0.25, -0.2) is 4.98 Å². The fourth-order valence-electron chi connectivity index (χ4n) is 2.76. The second kappa shape index (κ2) is 4.61. The largest absolute Gasteiger partial charge is 0.313 e. The molecule has 2 nitrogen and oxygen atoms in total. The van der Waals surface area contributed by atoms with Crippen LogP contribution in [0.15, 0.2) is 0 Å². The Bertz CT molecular complexity index is 412. The molecule has 1 atom stereocenters. The van der Waals surface area contributed by atoms with Gasteiger partial charge in [-0.05, 0) is 50.9 Å². The molecule has 2 saturated carbocycles. The first kappa shape index (κ1) is 12.6. The summed E-state index contributed by atoms with van der Waals surface area (Å²) >= 11 is 1.90. The number of aryl methyl sites for hydroxylation is 2. The fraction of sp³-hybridized carbons (Fsp3) is 0.800. The third kappa shape index (κ3) is 2.77. The first-order valence-corrected chi connectivity index (χ1v) is 8.05. The van der Waals surface area contributed by atoms with Gasteiger partial charge in [-0.1, -0.05) is 6.92 Å². The Morgan fingerprint density at radius 3 is 2.50 bits per heavy atom. The smallest absolute Gasteiger partial charge is 0.0936 e. The van der Waals surface area contributed by atoms with E-state index in [0.29, 0.717) is 5.41 Å². The Labute approximate surface area is 114 Å². The van der Waals surface area contributed by atoms with Crippen molar-refractivity contribution in [2.75, 3.05) is 6.54 Å². The number of nitrogens with zero attached hydrogens (tertiary/aromatic N) is 1. The first-order valence-electron chi connectivity index (χ1n) is 7.23. The molecule has 1 N–H and O–H groups in total. The number of hydrogen-bond donors (Lipinski definition) is 1. The van der Waals surface area contributed by atoms with Gasteiger partial charge in [0.05, 0.1) is 10.7 Å². The van der Waals surface area contributed by atoms with Crippen LogP contribution in [0.5, 0.6) is 0 Å². The molecule has 100 valence electrons. The maximum Gasteiger partial charge on any atom is 0.0936 e. The Balaban J connectivity index is 1.68. The SMILES string of the molecule is Cc1nc(CC(C)(CNC2CC2)C2CC2)sc1C. The summed E-state index contributed by atoms with van der Waals surface area (Å²) in [7, 11) is 0. The van der Waals surface area contributed by atoms with Crippen molar-refractivity contribution < 1.29 is 0 Å². The molecule has 0 bridgehead atoms. The summed E-state index contributed by atoms with van der Waals surface area (Å²) in [6.45, 7) is 7.96. The first-order chi connectivity index (χ1) is 8.57. The van der Waals surface area contributed by atoms with Gasteiger partial charge in [0.15, 0.2) is 0 Å². The fourth-order valence-corrected chi connectivity index (χ4v) is 3.89. The molecule has 1 unspecified atom stereocenters. The Morgan fingerprint density at radius 2 is 2.00 bits per heavy atom. The quantitative estimate of drug-likeness (QED) is 0.851. The lowest BCUT2D eigenvalue weighted by Crippen LogP contribution is -2.36. The van der Waals surface area contributed by atoms with Crippen LogP contribution in [0, 0.1) is 25.2 Å². The number of hydrogen-bond acceptors (Lipinski definition) is 3. The topological polar surface area (TPSA) is 24.9 Å². The lowest BCUT2D eigenvalue weighted by molar-refractivity contribution is 0.254. The molecule has 2 aliphatic rings. The molecule has 0 amide bonds. The van der Waals surface area contributed by atoms with Gasteiger partial charge in [0.1, 0.15) is 0 Å². The molecule has 0 spiro atoms. The highest BCUT2D eigenvalue weighted by Crippen LogP contribution is 2.47. The van der Waals surface area contributed by atoms with E-state index in [1.807, 2.05) is 11.3 Å². The molecule has 1 heterocycles. The van der Waals surface area contributed by atoms with E-state index in [-0.39, 0.29) is 0 Å². The monoisotopic (exact) mass is 264 g/mol. The maximum atomic E-state index is 4.74. The molecule has 1 aromatic rings. The minimum Gasteiger partial charge on any atom is -0.313 e. The molecule has 3 heteroatoms. The zero-order valence-corrected chi connectivity index (χ0v) is 12.6. The van der Waals surface area contributed by atoms with Crippen molar-refractivity contribution in [2.45, 2.75) is 58.9 Å². The lowest BCUT2D eigenvalue weighted by atomic mass is 9.81. The lowest BCUT2D eigenvalue weighted by Gasteiger charge is -2.29. The van der Waals surface area contributed by atoms with E-state index >= 15 is 0 Å². The van der Waals surface area contributed by atoms with Crippen LogP contribution in [0.3, 0.4) is 0 Å². The third-order valence-corrected chi connectivity index (χ3v) is 5.64. The van der Waals surface area contributed by atoms with Crippen LogP contribution in [0.4, 0.5) is 0 Å². The van der Waals surface area contributed by atoms with Gasteiger partial charge in [-0.15, -0.1) is 11.3 Å². The molecule has 18 heavy (non-hydrogen) atoms. The minimum atomic E-state index is 0.430. The van der Waals surface area contributed by atoms with E-state index in [0.717, 1.165) is 18.4 Å². The van der Waals surface area contributed by atoms with Crippen molar-refractivity contribution in [1.29, 1.82) is 0 Å². The summed E-state index contributed by atoms with van der Waals surface area (Å²) in [4.78, 5) is 6.13. The zero-order valence-electron chi connectivity index (χ0n) is 11.8. The summed E-state index contributed by atoms with van der Waals surface area (Å²) in [5, 5.41) is 5.08. The summed E-state index contributed by atoms with van der Waals surface area (Å²) < 4.78 is 0. The second-order valence-corrected chi connectivity index (χ2v) is 7.80. The normalized spacial score (nSPS) is 23.1. The van der Waals surface area contributed by atoms with Gasteiger partial charge in [0.2, 0.25) is 0 Å². The van der Waals surface area contributed by atoms with Gasteiger partial charge in [-0.2, -0.15) is 0 Å². The molecule has 0 aromatic carbocycles. The van der Waals surface area contributed by atoms with Crippen LogP contribution in [0.2, 0.25) is 0 Å². The number of rotatable bonds is 6. The van der Waals surface area contributed by atoms with Crippen molar-refractivity contribution in [3.8, 4) is 0 Å². The zero-order chi connectivity index (χ0) is 12.8. The summed E-state index contributed by atoms with van der Waals surface area (Å²) in [6, 6.07) is 0.822. The predicted molar refractivity (Wildman–Crippen MR) is 77.1 cm³/mol. The molecule has 0 saturated heterocycles. The highest BCUT2D eigenvalue weighted by molar-refractivity contribution is 7.11. The van der Waals surface area contributed by atoms with E-state index in [2.05, 4.69) is 26.1 Å². The Hall–Kier alpha value is -0.410. The van der Waals surface area contributed by atoms with Crippen LogP contribution in [0.1, 0.15) is 48.2 Å². The van der Waals surface area contributed by atoms with Crippen LogP contribution < -0.4 is 5.32 Å². The van der Waals surface area contributed by atoms with Crippen LogP contribution in [0.25, 0.3) is 0 Å². The minimum absolute atomic E-state index is 0.430. The molecule has 0 radical (unpaired) electrons. The van der Waals surface area contributed by atoms with Gasteiger partial charge in [-0.3, -0.25) is 0 Å². The Morgan fingerprint density at radius 1 is 1.28 bits per heavy atom. The van der Waals surface area contributed by atoms with Crippen molar-refractivity contribution in [2.24, 2.45) is 11.3 Å². The average Bonchev–Trinajstić information content (AvgIpc) is 3.18. The second-order valence-electron chi connectivity index (χ2n) is 6.51. The van der Waals surface area contributed by atoms with Crippen molar-refractivity contribution in [3.05, 3.63) is 15.6 Å². The number of aromatic nitrogens is 1. The summed E-state index contributed by atoms with van der Waals surface area (Å²) in [5.74, 6) is 0.924. The van der Waals surface area contributed by atoms with Crippen LogP contribution >= 0.6 is 11.3 Å². The van der Waals surface area contributed by atoms with E-state index in [4.69, 9.17) is 4.98 Å². The van der Waals surface area contributed by atoms with Crippen LogP contribution in [-0.2, 0) is 6.42 Å². The number of thiazole rings is 1. The standard InChI is InChI=1S/C15H24N2S/c1-10-11(2)18-14(17-10)8-15(3,12-4-5-12)9-16-13-6-7-13/h12-13,16H,4-9H2,1-3H3. The maximum absolute atomic E-state index is 4.74. The van der Waals surface area contributed by atoms with Crippen molar-refractivity contribution in [3.63, 3.8) is 0 Å². The molecule has 1 aromatic heterocycles. The summed E-state index contributed by atoms with van der Waals surface area (Å²) in [5.41, 5.74) is 1.66.